The highest BCUT2D eigenvalue weighted by atomic mass is 32.1. The number of nitrogens with one attached hydrogen (secondary N) is 1. The van der Waals surface area contributed by atoms with E-state index in [1.54, 1.807) is 6.07 Å². The molecule has 0 atom stereocenters. The van der Waals surface area contributed by atoms with Gasteiger partial charge in [0, 0.05) is 24.4 Å². The van der Waals surface area contributed by atoms with Crippen LogP contribution in [-0.2, 0) is 16.0 Å². The Morgan fingerprint density at radius 3 is 3.06 bits per heavy atom. The van der Waals surface area contributed by atoms with Gasteiger partial charge >= 0.3 is 5.97 Å². The van der Waals surface area contributed by atoms with Crippen LogP contribution in [-0.4, -0.2) is 37.1 Å². The highest BCUT2D eigenvalue weighted by Gasteiger charge is 2.17. The van der Waals surface area contributed by atoms with Crippen LogP contribution >= 0.6 is 11.3 Å². The van der Waals surface area contributed by atoms with Gasteiger partial charge in [0.05, 0.1) is 7.11 Å². The van der Waals surface area contributed by atoms with E-state index in [9.17, 15) is 9.59 Å². The summed E-state index contributed by atoms with van der Waals surface area (Å²) in [6.07, 6.45) is 2.46. The van der Waals surface area contributed by atoms with Gasteiger partial charge in [0.25, 0.3) is 0 Å². The number of nitrogens with zero attached hydrogens (tertiary/aromatic N) is 1. The van der Waals surface area contributed by atoms with Crippen LogP contribution in [0.25, 0.3) is 0 Å². The number of ether oxygens (including phenoxy) is 1. The standard InChI is InChI=1S/C12H16N2O3S/c1-17-12(16)10-5-4-9(18-10)3-2-7-14-8-6-11(15)13-14/h4-5H,2-3,6-8H2,1H3,(H,13,15). The Bertz CT molecular complexity index is 444. The molecule has 2 heterocycles. The van der Waals surface area contributed by atoms with Crippen molar-refractivity contribution in [1.29, 1.82) is 0 Å². The highest BCUT2D eigenvalue weighted by Crippen LogP contribution is 2.19. The van der Waals surface area contributed by atoms with Gasteiger partial charge in [0.1, 0.15) is 4.88 Å². The van der Waals surface area contributed by atoms with Gasteiger partial charge in [0.2, 0.25) is 5.91 Å². The second kappa shape index (κ2) is 5.97. The van der Waals surface area contributed by atoms with Gasteiger partial charge in [0.15, 0.2) is 0 Å². The second-order valence-electron chi connectivity index (χ2n) is 4.13. The van der Waals surface area contributed by atoms with E-state index >= 15 is 0 Å². The zero-order valence-electron chi connectivity index (χ0n) is 10.3. The zero-order chi connectivity index (χ0) is 13.0. The Hall–Kier alpha value is -1.40. The molecular formula is C12H16N2O3S. The summed E-state index contributed by atoms with van der Waals surface area (Å²) in [5.74, 6) is -0.183. The van der Waals surface area contributed by atoms with E-state index in [0.717, 1.165) is 25.9 Å². The fraction of sp³-hybridized carbons (Fsp3) is 0.500. The lowest BCUT2D eigenvalue weighted by molar-refractivity contribution is -0.121. The number of rotatable bonds is 5. The van der Waals surface area contributed by atoms with Crippen molar-refractivity contribution in [3.63, 3.8) is 0 Å². The van der Waals surface area contributed by atoms with E-state index in [1.165, 1.54) is 23.3 Å². The molecule has 2 rings (SSSR count). The minimum Gasteiger partial charge on any atom is -0.465 e. The summed E-state index contributed by atoms with van der Waals surface area (Å²) in [7, 11) is 1.39. The zero-order valence-corrected chi connectivity index (χ0v) is 11.1. The van der Waals surface area contributed by atoms with E-state index in [0.29, 0.717) is 11.3 Å². The molecule has 98 valence electrons. The molecule has 1 aromatic rings. The molecule has 1 fully saturated rings. The first-order valence-corrected chi connectivity index (χ1v) is 6.72. The largest absolute Gasteiger partial charge is 0.465 e. The minimum absolute atomic E-state index is 0.0964. The van der Waals surface area contributed by atoms with Gasteiger partial charge in [-0.25, -0.2) is 9.80 Å². The lowest BCUT2D eigenvalue weighted by Crippen LogP contribution is -2.34. The normalized spacial score (nSPS) is 15.7. The summed E-state index contributed by atoms with van der Waals surface area (Å²) in [6, 6.07) is 3.75. The average molecular weight is 268 g/mol. The Morgan fingerprint density at radius 1 is 1.56 bits per heavy atom. The molecule has 1 aromatic heterocycles. The average Bonchev–Trinajstić information content (AvgIpc) is 2.98. The van der Waals surface area contributed by atoms with E-state index in [-0.39, 0.29) is 11.9 Å². The highest BCUT2D eigenvalue weighted by molar-refractivity contribution is 7.13. The van der Waals surface area contributed by atoms with Crippen molar-refractivity contribution < 1.29 is 14.3 Å². The van der Waals surface area contributed by atoms with Crippen molar-refractivity contribution in [3.05, 3.63) is 21.9 Å². The first kappa shape index (κ1) is 13.0. The summed E-state index contributed by atoms with van der Waals surface area (Å²) < 4.78 is 4.66. The Morgan fingerprint density at radius 2 is 2.39 bits per heavy atom. The van der Waals surface area contributed by atoms with Gasteiger partial charge in [-0.15, -0.1) is 11.3 Å². The number of aryl methyl sites for hydroxylation is 1. The molecule has 1 amide bonds. The van der Waals surface area contributed by atoms with Gasteiger partial charge in [-0.05, 0) is 25.0 Å². The maximum absolute atomic E-state index is 11.3. The van der Waals surface area contributed by atoms with Crippen molar-refractivity contribution in [2.75, 3.05) is 20.2 Å². The van der Waals surface area contributed by atoms with Crippen molar-refractivity contribution in [2.24, 2.45) is 0 Å². The second-order valence-corrected chi connectivity index (χ2v) is 5.30. The molecule has 0 aliphatic carbocycles. The molecule has 0 unspecified atom stereocenters. The third-order valence-corrected chi connectivity index (χ3v) is 3.92. The number of carbonyl (C=O) groups is 2. The molecule has 5 nitrogen and oxygen atoms in total. The number of esters is 1. The number of thiophene rings is 1. The number of hydrogen-bond acceptors (Lipinski definition) is 5. The molecule has 0 saturated carbocycles. The Balaban J connectivity index is 1.75. The third-order valence-electron chi connectivity index (χ3n) is 2.79. The molecule has 0 spiro atoms. The molecule has 0 bridgehead atoms. The fourth-order valence-corrected chi connectivity index (χ4v) is 2.83. The van der Waals surface area contributed by atoms with E-state index in [1.807, 2.05) is 11.1 Å². The van der Waals surface area contributed by atoms with Crippen molar-refractivity contribution >= 4 is 23.2 Å². The smallest absolute Gasteiger partial charge is 0.348 e. The molecular weight excluding hydrogens is 252 g/mol. The van der Waals surface area contributed by atoms with Crippen LogP contribution < -0.4 is 5.43 Å². The molecule has 1 aliphatic heterocycles. The third kappa shape index (κ3) is 3.30. The van der Waals surface area contributed by atoms with E-state index < -0.39 is 0 Å². The summed E-state index contributed by atoms with van der Waals surface area (Å²) >= 11 is 1.47. The van der Waals surface area contributed by atoms with Crippen LogP contribution in [0.4, 0.5) is 0 Å². The molecule has 18 heavy (non-hydrogen) atoms. The molecule has 1 aliphatic rings. The number of carbonyl (C=O) groups excluding carboxylic acids is 2. The van der Waals surface area contributed by atoms with Crippen molar-refractivity contribution in [3.8, 4) is 0 Å². The number of amides is 1. The quantitative estimate of drug-likeness (QED) is 0.815. The first-order chi connectivity index (χ1) is 8.69. The summed E-state index contributed by atoms with van der Waals surface area (Å²) in [6.45, 7) is 1.63. The van der Waals surface area contributed by atoms with Crippen LogP contribution in [0.3, 0.4) is 0 Å². The predicted octanol–water partition coefficient (Wildman–Crippen LogP) is 1.20. The van der Waals surface area contributed by atoms with Gasteiger partial charge < -0.3 is 4.74 Å². The lowest BCUT2D eigenvalue weighted by Gasteiger charge is -2.13. The van der Waals surface area contributed by atoms with Crippen LogP contribution in [0.1, 0.15) is 27.4 Å². The molecule has 1 N–H and O–H groups in total. The topological polar surface area (TPSA) is 58.6 Å². The van der Waals surface area contributed by atoms with Crippen molar-refractivity contribution in [2.45, 2.75) is 19.3 Å². The van der Waals surface area contributed by atoms with E-state index in [4.69, 9.17) is 0 Å². The van der Waals surface area contributed by atoms with Crippen molar-refractivity contribution in [1.82, 2.24) is 10.4 Å². The summed E-state index contributed by atoms with van der Waals surface area (Å²) in [5, 5.41) is 1.94. The maximum atomic E-state index is 11.3. The summed E-state index contributed by atoms with van der Waals surface area (Å²) in [4.78, 5) is 24.1. The van der Waals surface area contributed by atoms with Crippen LogP contribution in [0.15, 0.2) is 12.1 Å². The molecule has 1 saturated heterocycles. The van der Waals surface area contributed by atoms with Gasteiger partial charge in [-0.3, -0.25) is 10.2 Å². The fourth-order valence-electron chi connectivity index (χ4n) is 1.86. The number of methoxy groups -OCH3 is 1. The molecule has 0 radical (unpaired) electrons. The van der Waals surface area contributed by atoms with Gasteiger partial charge in [-0.2, -0.15) is 0 Å². The Labute approximate surface area is 110 Å². The van der Waals surface area contributed by atoms with Crippen LogP contribution in [0.5, 0.6) is 0 Å². The minimum atomic E-state index is -0.280. The lowest BCUT2D eigenvalue weighted by atomic mass is 10.2. The molecule has 0 aromatic carbocycles. The predicted molar refractivity (Wildman–Crippen MR) is 68.3 cm³/mol. The van der Waals surface area contributed by atoms with Crippen LogP contribution in [0, 0.1) is 0 Å². The van der Waals surface area contributed by atoms with Crippen LogP contribution in [0.2, 0.25) is 0 Å². The SMILES string of the molecule is COC(=O)c1ccc(CCCN2CCC(=O)N2)s1. The number of hydrogen-bond donors (Lipinski definition) is 1. The Kier molecular flexibility index (Phi) is 4.33. The maximum Gasteiger partial charge on any atom is 0.348 e. The molecule has 6 heteroatoms. The first-order valence-electron chi connectivity index (χ1n) is 5.90. The monoisotopic (exact) mass is 268 g/mol. The summed E-state index contributed by atoms with van der Waals surface area (Å²) in [5.41, 5.74) is 2.80. The van der Waals surface area contributed by atoms with Gasteiger partial charge in [-0.1, -0.05) is 0 Å². The number of hydrazine groups is 1. The van der Waals surface area contributed by atoms with E-state index in [2.05, 4.69) is 10.2 Å².